The summed E-state index contributed by atoms with van der Waals surface area (Å²) in [6, 6.07) is 82.5. The highest BCUT2D eigenvalue weighted by molar-refractivity contribution is 5.85. The van der Waals surface area contributed by atoms with E-state index in [-0.39, 0.29) is 73.5 Å². The molecular weight excluding hydrogens is 1090 g/mol. The van der Waals surface area contributed by atoms with Gasteiger partial charge in [0.15, 0.2) is 0 Å². The van der Waals surface area contributed by atoms with Crippen molar-refractivity contribution in [2.24, 2.45) is 0 Å². The highest BCUT2D eigenvalue weighted by atomic mass is 35.5. The fourth-order valence-electron chi connectivity index (χ4n) is 10.5. The number of halogens is 2. The maximum absolute atomic E-state index is 6.85. The van der Waals surface area contributed by atoms with Crippen LogP contribution in [0.4, 0.5) is 0 Å². The quantitative estimate of drug-likeness (QED) is 0.0489. The first-order valence-electron chi connectivity index (χ1n) is 29.3. The van der Waals surface area contributed by atoms with Gasteiger partial charge < -0.3 is 43.2 Å². The lowest BCUT2D eigenvalue weighted by molar-refractivity contribution is -0.210. The molecule has 8 aromatic carbocycles. The number of unbranched alkanes of at least 4 members (excludes halogenated alkanes) is 1. The monoisotopic (exact) mass is 1170 g/mol. The van der Waals surface area contributed by atoms with Crippen molar-refractivity contribution in [1.29, 1.82) is 0 Å². The molecule has 12 heteroatoms. The van der Waals surface area contributed by atoms with Gasteiger partial charge in [-0.05, 0) is 57.5 Å². The van der Waals surface area contributed by atoms with E-state index in [0.29, 0.717) is 72.6 Å². The van der Waals surface area contributed by atoms with E-state index >= 15 is 0 Å². The molecule has 2 saturated heterocycles. The summed E-state index contributed by atoms with van der Waals surface area (Å²) in [6.45, 7) is 9.78. The minimum atomic E-state index is -0.274. The minimum absolute atomic E-state index is 0. The van der Waals surface area contributed by atoms with Gasteiger partial charge in [0.1, 0.15) is 24.4 Å². The van der Waals surface area contributed by atoms with Gasteiger partial charge in [0, 0.05) is 13.1 Å². The molecule has 10 nitrogen and oxygen atoms in total. The topological polar surface area (TPSA) is 89.1 Å². The largest absolute Gasteiger partial charge is 0.375 e. The van der Waals surface area contributed by atoms with Gasteiger partial charge in [-0.15, -0.1) is 24.8 Å². The minimum Gasteiger partial charge on any atom is -0.375 e. The van der Waals surface area contributed by atoms with E-state index in [1.807, 2.05) is 97.1 Å². The molecule has 0 aromatic heterocycles. The van der Waals surface area contributed by atoms with Crippen LogP contribution in [0.1, 0.15) is 64.3 Å². The Kier molecular flexibility index (Phi) is 29.1. The number of benzene rings is 8. The van der Waals surface area contributed by atoms with Gasteiger partial charge in [-0.1, -0.05) is 256 Å². The number of nitrogens with zero attached hydrogens (tertiary/aromatic N) is 1. The maximum Gasteiger partial charge on any atom is 0.113 e. The van der Waals surface area contributed by atoms with Crippen LogP contribution < -0.4 is 5.32 Å². The van der Waals surface area contributed by atoms with E-state index in [4.69, 9.17) is 37.9 Å². The van der Waals surface area contributed by atoms with Crippen molar-refractivity contribution in [3.8, 4) is 0 Å². The van der Waals surface area contributed by atoms with Gasteiger partial charge in [-0.25, -0.2) is 0 Å². The zero-order valence-corrected chi connectivity index (χ0v) is 50.0. The Morgan fingerprint density at radius 2 is 0.643 bits per heavy atom. The molecule has 10 rings (SSSR count). The lowest BCUT2D eigenvalue weighted by atomic mass is 9.92. The van der Waals surface area contributed by atoms with E-state index in [9.17, 15) is 0 Å². The average molecular weight is 1180 g/mol. The number of likely N-dealkylation sites (tertiary alicyclic amines) is 1. The number of hydrogen-bond acceptors (Lipinski definition) is 10. The highest BCUT2D eigenvalue weighted by Gasteiger charge is 2.46. The van der Waals surface area contributed by atoms with Crippen LogP contribution in [0.2, 0.25) is 0 Å². The van der Waals surface area contributed by atoms with Gasteiger partial charge in [-0.2, -0.15) is 0 Å². The van der Waals surface area contributed by atoms with E-state index in [1.165, 1.54) is 5.56 Å². The molecule has 2 heterocycles. The highest BCUT2D eigenvalue weighted by Crippen LogP contribution is 2.30. The molecule has 2 aliphatic heterocycles. The van der Waals surface area contributed by atoms with Crippen molar-refractivity contribution >= 4 is 24.8 Å². The summed E-state index contributed by atoms with van der Waals surface area (Å²) in [5.41, 5.74) is 9.12. The summed E-state index contributed by atoms with van der Waals surface area (Å²) in [6.07, 6.45) is 0.826. The molecule has 8 aromatic rings. The Labute approximate surface area is 511 Å². The van der Waals surface area contributed by atoms with Crippen molar-refractivity contribution in [2.75, 3.05) is 32.8 Å². The Balaban J connectivity index is 0.000000236. The summed E-state index contributed by atoms with van der Waals surface area (Å²) in [5, 5.41) is 3.65. The first kappa shape index (κ1) is 65.5. The van der Waals surface area contributed by atoms with Crippen LogP contribution in [-0.4, -0.2) is 86.5 Å². The van der Waals surface area contributed by atoms with Crippen molar-refractivity contribution in [1.82, 2.24) is 10.2 Å². The number of nitrogens with one attached hydrogen (secondary N) is 1. The molecule has 2 fully saturated rings. The van der Waals surface area contributed by atoms with Gasteiger partial charge in [0.05, 0.1) is 90.4 Å². The predicted molar refractivity (Wildman–Crippen MR) is 339 cm³/mol. The van der Waals surface area contributed by atoms with E-state index in [0.717, 1.165) is 64.9 Å². The molecule has 444 valence electrons. The SMILES string of the molecule is CCCCN1CC(OCc2ccccc2)C(OCc2ccccc2)C(OCc2ccccc2)C1COCc1ccccc1.Cl.Cl.c1ccc(COCC2NCC(OCc3ccccc3)C(OCc3ccccc3)C2OCc2ccccc2)cc1. The zero-order chi connectivity index (χ0) is 56.1. The first-order chi connectivity index (χ1) is 40.6. The van der Waals surface area contributed by atoms with Crippen LogP contribution in [0, 0.1) is 0 Å². The Bertz CT molecular complexity index is 2910. The predicted octanol–water partition coefficient (Wildman–Crippen LogP) is 14.2. The zero-order valence-electron chi connectivity index (χ0n) is 48.3. The standard InChI is InChI=1S/C38H45NO4.C34H37NO4.2ClH/c1-2-3-24-39-25-36(41-27-32-18-10-5-11-19-32)38(43-29-34-22-14-7-15-23-34)37(42-28-33-20-12-6-13-21-33)35(39)30-40-26-31-16-8-4-9-17-31;1-5-13-27(14-6-1)22-36-26-31-33(38-24-29-17-9-3-10-18-29)34(39-25-30-19-11-4-12-20-30)32(21-35-31)37-23-28-15-7-2-8-16-28;;/h4-23,35-38H,2-3,24-30H2,1H3;1-20,31-35H,21-26H2;2*1H. The van der Waals surface area contributed by atoms with Crippen LogP contribution in [0.5, 0.6) is 0 Å². The third kappa shape index (κ3) is 21.5. The molecule has 8 unspecified atom stereocenters. The van der Waals surface area contributed by atoms with Crippen LogP contribution >= 0.6 is 24.8 Å². The van der Waals surface area contributed by atoms with E-state index in [2.05, 4.69) is 163 Å². The van der Waals surface area contributed by atoms with Gasteiger partial charge in [0.2, 0.25) is 0 Å². The van der Waals surface area contributed by atoms with Crippen molar-refractivity contribution in [3.63, 3.8) is 0 Å². The first-order valence-corrected chi connectivity index (χ1v) is 29.3. The summed E-state index contributed by atoms with van der Waals surface area (Å²) in [7, 11) is 0. The molecular formula is C72H84Cl2N2O8. The summed E-state index contributed by atoms with van der Waals surface area (Å²) >= 11 is 0. The number of piperidine rings is 2. The lowest BCUT2D eigenvalue weighted by Crippen LogP contribution is -2.64. The molecule has 2 aliphatic rings. The Hall–Kier alpha value is -6.06. The summed E-state index contributed by atoms with van der Waals surface area (Å²) < 4.78 is 52.6. The second-order valence-electron chi connectivity index (χ2n) is 21.1. The van der Waals surface area contributed by atoms with Crippen molar-refractivity contribution < 1.29 is 37.9 Å². The number of rotatable bonds is 29. The molecule has 8 atom stereocenters. The number of ether oxygens (including phenoxy) is 8. The third-order valence-corrected chi connectivity index (χ3v) is 15.0. The van der Waals surface area contributed by atoms with Crippen LogP contribution in [-0.2, 0) is 90.7 Å². The molecule has 0 aliphatic carbocycles. The normalized spacial score (nSPS) is 20.3. The average Bonchev–Trinajstić information content (AvgIpc) is 2.48. The maximum atomic E-state index is 6.85. The molecule has 1 N–H and O–H groups in total. The van der Waals surface area contributed by atoms with Gasteiger partial charge >= 0.3 is 0 Å². The smallest absolute Gasteiger partial charge is 0.113 e. The summed E-state index contributed by atoms with van der Waals surface area (Å²) in [5.74, 6) is 0. The van der Waals surface area contributed by atoms with E-state index < -0.39 is 0 Å². The Morgan fingerprint density at radius 3 is 1.01 bits per heavy atom. The molecule has 0 spiro atoms. The second kappa shape index (κ2) is 37.4. The third-order valence-electron chi connectivity index (χ3n) is 15.0. The lowest BCUT2D eigenvalue weighted by Gasteiger charge is -2.48. The number of hydrogen-bond donors (Lipinski definition) is 1. The van der Waals surface area contributed by atoms with Crippen LogP contribution in [0.15, 0.2) is 243 Å². The Morgan fingerprint density at radius 1 is 0.345 bits per heavy atom. The fraction of sp³-hybridized carbons (Fsp3) is 0.333. The molecule has 84 heavy (non-hydrogen) atoms. The molecule has 0 saturated carbocycles. The summed E-state index contributed by atoms with van der Waals surface area (Å²) in [4.78, 5) is 2.52. The molecule has 0 amide bonds. The molecule has 0 radical (unpaired) electrons. The van der Waals surface area contributed by atoms with Crippen LogP contribution in [0.3, 0.4) is 0 Å². The molecule has 0 bridgehead atoms. The fourth-order valence-corrected chi connectivity index (χ4v) is 10.5. The van der Waals surface area contributed by atoms with Crippen molar-refractivity contribution in [3.05, 3.63) is 287 Å². The second-order valence-corrected chi connectivity index (χ2v) is 21.1. The van der Waals surface area contributed by atoms with Crippen LogP contribution in [0.25, 0.3) is 0 Å². The van der Waals surface area contributed by atoms with Gasteiger partial charge in [-0.3, -0.25) is 4.90 Å². The van der Waals surface area contributed by atoms with Crippen molar-refractivity contribution in [2.45, 2.75) is 121 Å². The van der Waals surface area contributed by atoms with E-state index in [1.54, 1.807) is 0 Å². The van der Waals surface area contributed by atoms with Gasteiger partial charge in [0.25, 0.3) is 0 Å².